The molecule has 1 aliphatic rings. The average Bonchev–Trinajstić information content (AvgIpc) is 2.92. The molecule has 0 aliphatic carbocycles. The van der Waals surface area contributed by atoms with Gasteiger partial charge in [-0.15, -0.1) is 0 Å². The zero-order valence-electron chi connectivity index (χ0n) is 11.8. The molecular weight excluding hydrogens is 220 g/mol. The van der Waals surface area contributed by atoms with Crippen LogP contribution in [0.3, 0.4) is 0 Å². The van der Waals surface area contributed by atoms with E-state index in [1.54, 1.807) is 0 Å². The van der Waals surface area contributed by atoms with Crippen LogP contribution in [0.1, 0.15) is 41.3 Å². The van der Waals surface area contributed by atoms with Gasteiger partial charge in [0.1, 0.15) is 0 Å². The molecule has 1 aromatic heterocycles. The van der Waals surface area contributed by atoms with Crippen molar-refractivity contribution in [2.75, 3.05) is 6.54 Å². The quantitative estimate of drug-likeness (QED) is 0.809. The van der Waals surface area contributed by atoms with Crippen molar-refractivity contribution in [1.82, 2.24) is 9.88 Å². The van der Waals surface area contributed by atoms with E-state index in [0.29, 0.717) is 6.04 Å². The van der Waals surface area contributed by atoms with E-state index in [1.807, 2.05) is 0 Å². The minimum atomic E-state index is 0.544. The highest BCUT2D eigenvalue weighted by atomic mass is 15.0. The summed E-state index contributed by atoms with van der Waals surface area (Å²) in [6.07, 6.45) is 2.56. The molecule has 96 valence electrons. The van der Waals surface area contributed by atoms with E-state index in [-0.39, 0.29) is 0 Å². The van der Waals surface area contributed by atoms with Gasteiger partial charge in [0.05, 0.1) is 5.52 Å². The fourth-order valence-corrected chi connectivity index (χ4v) is 3.46. The number of hydrogen-bond acceptors (Lipinski definition) is 1. The van der Waals surface area contributed by atoms with Crippen LogP contribution in [-0.4, -0.2) is 11.1 Å². The van der Waals surface area contributed by atoms with E-state index < -0.39 is 0 Å². The maximum absolute atomic E-state index is 3.63. The Kier molecular flexibility index (Phi) is 2.70. The Balaban J connectivity index is 2.30. The minimum absolute atomic E-state index is 0.544. The molecule has 1 unspecified atom stereocenters. The molecule has 1 saturated heterocycles. The van der Waals surface area contributed by atoms with Crippen molar-refractivity contribution in [1.29, 1.82) is 0 Å². The summed E-state index contributed by atoms with van der Waals surface area (Å²) in [6, 6.07) is 5.07. The second-order valence-corrected chi connectivity index (χ2v) is 5.62. The Hall–Kier alpha value is -1.28. The lowest BCUT2D eigenvalue weighted by Gasteiger charge is -2.14. The van der Waals surface area contributed by atoms with Crippen LogP contribution in [-0.2, 0) is 7.05 Å². The molecule has 0 saturated carbocycles. The first-order valence-corrected chi connectivity index (χ1v) is 6.89. The third kappa shape index (κ3) is 1.52. The Bertz CT molecular complexity index is 601. The van der Waals surface area contributed by atoms with Crippen molar-refractivity contribution in [3.05, 3.63) is 34.5 Å². The lowest BCUT2D eigenvalue weighted by atomic mass is 10.0. The molecule has 1 N–H and O–H groups in total. The Morgan fingerprint density at radius 2 is 1.94 bits per heavy atom. The molecule has 2 heteroatoms. The van der Waals surface area contributed by atoms with E-state index in [0.717, 1.165) is 6.54 Å². The van der Waals surface area contributed by atoms with Crippen molar-refractivity contribution in [2.24, 2.45) is 7.05 Å². The van der Waals surface area contributed by atoms with Gasteiger partial charge in [-0.1, -0.05) is 12.1 Å². The highest BCUT2D eigenvalue weighted by Gasteiger charge is 2.23. The van der Waals surface area contributed by atoms with E-state index in [2.05, 4.69) is 49.8 Å². The van der Waals surface area contributed by atoms with Gasteiger partial charge in [0.15, 0.2) is 0 Å². The third-order valence-corrected chi connectivity index (χ3v) is 4.58. The molecule has 0 spiro atoms. The third-order valence-electron chi connectivity index (χ3n) is 4.58. The fraction of sp³-hybridized carbons (Fsp3) is 0.500. The van der Waals surface area contributed by atoms with Crippen molar-refractivity contribution in [2.45, 2.75) is 39.7 Å². The summed E-state index contributed by atoms with van der Waals surface area (Å²) in [6.45, 7) is 7.86. The molecule has 2 nitrogen and oxygen atoms in total. The van der Waals surface area contributed by atoms with Crippen molar-refractivity contribution < 1.29 is 0 Å². The number of fused-ring (bicyclic) bond motifs is 1. The summed E-state index contributed by atoms with van der Waals surface area (Å²) >= 11 is 0. The number of rotatable bonds is 1. The van der Waals surface area contributed by atoms with Crippen molar-refractivity contribution >= 4 is 10.9 Å². The predicted molar refractivity (Wildman–Crippen MR) is 77.1 cm³/mol. The maximum atomic E-state index is 3.63. The lowest BCUT2D eigenvalue weighted by molar-refractivity contribution is 0.600. The second-order valence-electron chi connectivity index (χ2n) is 5.62. The molecule has 1 aromatic carbocycles. The van der Waals surface area contributed by atoms with Gasteiger partial charge in [0.2, 0.25) is 0 Å². The Morgan fingerprint density at radius 3 is 2.61 bits per heavy atom. The molecule has 3 rings (SSSR count). The van der Waals surface area contributed by atoms with E-state index in [1.165, 1.54) is 46.1 Å². The second kappa shape index (κ2) is 4.13. The van der Waals surface area contributed by atoms with Crippen LogP contribution in [0.4, 0.5) is 0 Å². The van der Waals surface area contributed by atoms with E-state index in [4.69, 9.17) is 0 Å². The first-order chi connectivity index (χ1) is 8.61. The van der Waals surface area contributed by atoms with Gasteiger partial charge in [-0.25, -0.2) is 0 Å². The summed E-state index contributed by atoms with van der Waals surface area (Å²) in [4.78, 5) is 0. The number of aromatic nitrogens is 1. The topological polar surface area (TPSA) is 17.0 Å². The SMILES string of the molecule is Cc1ccc2c(C)c(C3CCCN3)n(C)c2c1C. The maximum Gasteiger partial charge on any atom is 0.0515 e. The highest BCUT2D eigenvalue weighted by Crippen LogP contribution is 2.34. The minimum Gasteiger partial charge on any atom is -0.346 e. The fourth-order valence-electron chi connectivity index (χ4n) is 3.46. The zero-order chi connectivity index (χ0) is 12.9. The monoisotopic (exact) mass is 242 g/mol. The Morgan fingerprint density at radius 1 is 1.17 bits per heavy atom. The van der Waals surface area contributed by atoms with Gasteiger partial charge in [0, 0.05) is 24.2 Å². The molecule has 0 amide bonds. The van der Waals surface area contributed by atoms with Crippen LogP contribution in [0.5, 0.6) is 0 Å². The number of hydrogen-bond donors (Lipinski definition) is 1. The number of nitrogens with one attached hydrogen (secondary N) is 1. The van der Waals surface area contributed by atoms with E-state index in [9.17, 15) is 0 Å². The van der Waals surface area contributed by atoms with E-state index >= 15 is 0 Å². The predicted octanol–water partition coefficient (Wildman–Crippen LogP) is 3.53. The zero-order valence-corrected chi connectivity index (χ0v) is 11.8. The molecule has 0 bridgehead atoms. The molecule has 2 heterocycles. The summed E-state index contributed by atoms with van der Waals surface area (Å²) in [5, 5.41) is 5.05. The average molecular weight is 242 g/mol. The van der Waals surface area contributed by atoms with Crippen LogP contribution >= 0.6 is 0 Å². The van der Waals surface area contributed by atoms with Crippen LogP contribution in [0.25, 0.3) is 10.9 Å². The van der Waals surface area contributed by atoms with Gasteiger partial charge in [-0.05, 0) is 56.8 Å². The van der Waals surface area contributed by atoms with Crippen LogP contribution in [0.15, 0.2) is 12.1 Å². The summed E-state index contributed by atoms with van der Waals surface area (Å²) in [7, 11) is 2.22. The molecule has 1 atom stereocenters. The van der Waals surface area contributed by atoms with Crippen molar-refractivity contribution in [3.8, 4) is 0 Å². The van der Waals surface area contributed by atoms with Gasteiger partial charge in [-0.2, -0.15) is 0 Å². The molecule has 1 fully saturated rings. The smallest absolute Gasteiger partial charge is 0.0515 e. The summed E-state index contributed by atoms with van der Waals surface area (Å²) in [5.74, 6) is 0. The number of aryl methyl sites for hydroxylation is 4. The van der Waals surface area contributed by atoms with Gasteiger partial charge in [-0.3, -0.25) is 0 Å². The van der Waals surface area contributed by atoms with Gasteiger partial charge >= 0.3 is 0 Å². The molecule has 0 radical (unpaired) electrons. The molecular formula is C16H22N2. The van der Waals surface area contributed by atoms with Crippen LogP contribution < -0.4 is 5.32 Å². The highest BCUT2D eigenvalue weighted by molar-refractivity contribution is 5.89. The number of benzene rings is 1. The molecule has 2 aromatic rings. The standard InChI is InChI=1S/C16H22N2/c1-10-7-8-13-12(3)16(14-6-5-9-17-14)18(4)15(13)11(10)2/h7-8,14,17H,5-6,9H2,1-4H3. The Labute approximate surface area is 109 Å². The first-order valence-electron chi connectivity index (χ1n) is 6.89. The normalized spacial score (nSPS) is 19.9. The lowest BCUT2D eigenvalue weighted by Crippen LogP contribution is -2.16. The molecule has 1 aliphatic heterocycles. The molecule has 18 heavy (non-hydrogen) atoms. The van der Waals surface area contributed by atoms with Gasteiger partial charge < -0.3 is 9.88 Å². The van der Waals surface area contributed by atoms with Crippen LogP contribution in [0, 0.1) is 20.8 Å². The first kappa shape index (κ1) is 11.8. The summed E-state index contributed by atoms with van der Waals surface area (Å²) < 4.78 is 2.41. The van der Waals surface area contributed by atoms with Crippen LogP contribution in [0.2, 0.25) is 0 Å². The van der Waals surface area contributed by atoms with Gasteiger partial charge in [0.25, 0.3) is 0 Å². The number of nitrogens with zero attached hydrogens (tertiary/aromatic N) is 1. The largest absolute Gasteiger partial charge is 0.346 e. The summed E-state index contributed by atoms with van der Waals surface area (Å²) in [5.41, 5.74) is 7.15. The van der Waals surface area contributed by atoms with Crippen molar-refractivity contribution in [3.63, 3.8) is 0 Å².